The van der Waals surface area contributed by atoms with Crippen molar-refractivity contribution in [2.45, 2.75) is 31.3 Å². The van der Waals surface area contributed by atoms with Gasteiger partial charge in [0.15, 0.2) is 0 Å². The van der Waals surface area contributed by atoms with Gasteiger partial charge in [0, 0.05) is 44.7 Å². The molecule has 3 nitrogen and oxygen atoms in total. The molecule has 0 atom stereocenters. The number of halogens is 1. The van der Waals surface area contributed by atoms with Crippen LogP contribution in [0.2, 0.25) is 0 Å². The first-order valence-electron chi connectivity index (χ1n) is 7.83. The van der Waals surface area contributed by atoms with Gasteiger partial charge in [0.2, 0.25) is 0 Å². The number of ether oxygens (including phenoxy) is 1. The van der Waals surface area contributed by atoms with Crippen molar-refractivity contribution in [3.63, 3.8) is 0 Å². The molecule has 0 bridgehead atoms. The van der Waals surface area contributed by atoms with E-state index in [1.807, 2.05) is 19.2 Å². The third-order valence-corrected chi connectivity index (χ3v) is 4.47. The van der Waals surface area contributed by atoms with Gasteiger partial charge in [-0.3, -0.25) is 0 Å². The van der Waals surface area contributed by atoms with E-state index in [0.29, 0.717) is 0 Å². The zero-order valence-corrected chi connectivity index (χ0v) is 13.0. The second-order valence-corrected chi connectivity index (χ2v) is 6.23. The number of aromatic nitrogens is 1. The molecular weight excluding hydrogens is 279 g/mol. The van der Waals surface area contributed by atoms with Gasteiger partial charge in [0.05, 0.1) is 0 Å². The Morgan fingerprint density at radius 3 is 2.50 bits per heavy atom. The third kappa shape index (κ3) is 3.76. The van der Waals surface area contributed by atoms with Crippen LogP contribution in [0.1, 0.15) is 24.0 Å². The Kier molecular flexibility index (Phi) is 4.60. The molecule has 118 valence electrons. The summed E-state index contributed by atoms with van der Waals surface area (Å²) in [5.74, 6) is -0.179. The van der Waals surface area contributed by atoms with E-state index in [0.717, 1.165) is 39.0 Å². The third-order valence-electron chi connectivity index (χ3n) is 4.47. The van der Waals surface area contributed by atoms with Crippen molar-refractivity contribution >= 4 is 0 Å². The summed E-state index contributed by atoms with van der Waals surface area (Å²) in [5.41, 5.74) is 2.49. The summed E-state index contributed by atoms with van der Waals surface area (Å²) in [4.78, 5) is 0. The summed E-state index contributed by atoms with van der Waals surface area (Å²) in [5, 5.41) is 3.74. The van der Waals surface area contributed by atoms with Gasteiger partial charge in [-0.2, -0.15) is 0 Å². The first-order valence-corrected chi connectivity index (χ1v) is 7.83. The quantitative estimate of drug-likeness (QED) is 0.919. The van der Waals surface area contributed by atoms with E-state index in [-0.39, 0.29) is 11.4 Å². The van der Waals surface area contributed by atoms with Crippen LogP contribution >= 0.6 is 0 Å². The Morgan fingerprint density at radius 2 is 1.86 bits per heavy atom. The summed E-state index contributed by atoms with van der Waals surface area (Å²) in [6.45, 7) is 2.41. The van der Waals surface area contributed by atoms with Gasteiger partial charge in [-0.1, -0.05) is 12.1 Å². The lowest BCUT2D eigenvalue weighted by atomic mass is 9.83. The molecule has 3 rings (SSSR count). The van der Waals surface area contributed by atoms with E-state index >= 15 is 0 Å². The van der Waals surface area contributed by atoms with Gasteiger partial charge in [-0.25, -0.2) is 4.39 Å². The number of hydrogen-bond acceptors (Lipinski definition) is 2. The van der Waals surface area contributed by atoms with E-state index in [9.17, 15) is 4.39 Å². The van der Waals surface area contributed by atoms with E-state index in [1.165, 1.54) is 11.1 Å². The highest BCUT2D eigenvalue weighted by molar-refractivity contribution is 5.20. The molecule has 2 heterocycles. The summed E-state index contributed by atoms with van der Waals surface area (Å²) in [6.07, 6.45) is 7.07. The molecule has 0 unspecified atom stereocenters. The van der Waals surface area contributed by atoms with Gasteiger partial charge in [-0.15, -0.1) is 0 Å². The highest BCUT2D eigenvalue weighted by atomic mass is 19.1. The average molecular weight is 302 g/mol. The SMILES string of the molecule is Cn1ccc(CNC2(Cc3ccc(F)cc3)CCOCC2)c1. The molecule has 1 N–H and O–H groups in total. The Morgan fingerprint density at radius 1 is 1.14 bits per heavy atom. The minimum absolute atomic E-state index is 0.0337. The maximum atomic E-state index is 13.1. The summed E-state index contributed by atoms with van der Waals surface area (Å²) in [6, 6.07) is 8.99. The van der Waals surface area contributed by atoms with Crippen molar-refractivity contribution in [3.8, 4) is 0 Å². The number of aryl methyl sites for hydroxylation is 1. The fourth-order valence-corrected chi connectivity index (χ4v) is 3.13. The van der Waals surface area contributed by atoms with Crippen molar-refractivity contribution < 1.29 is 9.13 Å². The smallest absolute Gasteiger partial charge is 0.123 e. The highest BCUT2D eigenvalue weighted by Crippen LogP contribution is 2.26. The predicted molar refractivity (Wildman–Crippen MR) is 85.1 cm³/mol. The minimum atomic E-state index is -0.179. The van der Waals surface area contributed by atoms with Crippen LogP contribution in [0, 0.1) is 5.82 Å². The molecule has 1 aliphatic rings. The van der Waals surface area contributed by atoms with Gasteiger partial charge >= 0.3 is 0 Å². The van der Waals surface area contributed by atoms with E-state index in [4.69, 9.17) is 4.74 Å². The second-order valence-electron chi connectivity index (χ2n) is 6.23. The molecule has 4 heteroatoms. The minimum Gasteiger partial charge on any atom is -0.381 e. The Balaban J connectivity index is 1.71. The average Bonchev–Trinajstić information content (AvgIpc) is 2.95. The molecule has 1 aromatic carbocycles. The van der Waals surface area contributed by atoms with Gasteiger partial charge in [-0.05, 0) is 48.6 Å². The number of hydrogen-bond donors (Lipinski definition) is 1. The van der Waals surface area contributed by atoms with Crippen LogP contribution in [0.3, 0.4) is 0 Å². The molecule has 1 fully saturated rings. The zero-order chi connectivity index (χ0) is 15.4. The lowest BCUT2D eigenvalue weighted by Gasteiger charge is -2.38. The molecule has 0 amide bonds. The van der Waals surface area contributed by atoms with Gasteiger partial charge in [0.1, 0.15) is 5.82 Å². The maximum Gasteiger partial charge on any atom is 0.123 e. The second kappa shape index (κ2) is 6.63. The fourth-order valence-electron chi connectivity index (χ4n) is 3.13. The fraction of sp³-hybridized carbons (Fsp3) is 0.444. The van der Waals surface area contributed by atoms with E-state index in [2.05, 4.69) is 28.3 Å². The lowest BCUT2D eigenvalue weighted by Crippen LogP contribution is -2.50. The Labute approximate surface area is 131 Å². The topological polar surface area (TPSA) is 26.2 Å². The standard InChI is InChI=1S/C18H23FN2O/c1-21-9-6-16(14-21)13-20-18(7-10-22-11-8-18)12-15-2-4-17(19)5-3-15/h2-6,9,14,20H,7-8,10-13H2,1H3. The molecule has 1 aromatic heterocycles. The van der Waals surface area contributed by atoms with Crippen LogP contribution in [0.5, 0.6) is 0 Å². The van der Waals surface area contributed by atoms with Crippen molar-refractivity contribution in [3.05, 3.63) is 59.7 Å². The summed E-state index contributed by atoms with van der Waals surface area (Å²) >= 11 is 0. The van der Waals surface area contributed by atoms with Crippen molar-refractivity contribution in [1.82, 2.24) is 9.88 Å². The first kappa shape index (κ1) is 15.3. The van der Waals surface area contributed by atoms with E-state index < -0.39 is 0 Å². The molecule has 0 aliphatic carbocycles. The summed E-state index contributed by atoms with van der Waals surface area (Å²) < 4.78 is 20.7. The predicted octanol–water partition coefficient (Wildman–Crippen LogP) is 3.05. The van der Waals surface area contributed by atoms with Crippen LogP contribution in [-0.2, 0) is 24.8 Å². The van der Waals surface area contributed by atoms with Crippen LogP contribution < -0.4 is 5.32 Å². The maximum absolute atomic E-state index is 13.1. The molecule has 2 aromatic rings. The monoisotopic (exact) mass is 302 g/mol. The number of rotatable bonds is 5. The van der Waals surface area contributed by atoms with Gasteiger partial charge < -0.3 is 14.6 Å². The molecule has 0 saturated carbocycles. The number of nitrogens with one attached hydrogen (secondary N) is 1. The van der Waals surface area contributed by atoms with Crippen LogP contribution in [0.4, 0.5) is 4.39 Å². The normalized spacial score (nSPS) is 17.5. The number of nitrogens with zero attached hydrogens (tertiary/aromatic N) is 1. The molecule has 1 saturated heterocycles. The summed E-state index contributed by atoms with van der Waals surface area (Å²) in [7, 11) is 2.03. The van der Waals surface area contributed by atoms with Crippen molar-refractivity contribution in [2.24, 2.45) is 7.05 Å². The van der Waals surface area contributed by atoms with E-state index in [1.54, 1.807) is 12.1 Å². The molecule has 0 spiro atoms. The molecule has 1 aliphatic heterocycles. The number of benzene rings is 1. The molecule has 22 heavy (non-hydrogen) atoms. The van der Waals surface area contributed by atoms with Crippen LogP contribution in [0.25, 0.3) is 0 Å². The Bertz CT molecular complexity index is 600. The Hall–Kier alpha value is -1.65. The largest absolute Gasteiger partial charge is 0.381 e. The van der Waals surface area contributed by atoms with Crippen molar-refractivity contribution in [2.75, 3.05) is 13.2 Å². The van der Waals surface area contributed by atoms with Crippen LogP contribution in [-0.4, -0.2) is 23.3 Å². The van der Waals surface area contributed by atoms with Crippen LogP contribution in [0.15, 0.2) is 42.7 Å². The lowest BCUT2D eigenvalue weighted by molar-refractivity contribution is 0.0373. The van der Waals surface area contributed by atoms with Crippen molar-refractivity contribution in [1.29, 1.82) is 0 Å². The molecule has 0 radical (unpaired) electrons. The molecular formula is C18H23FN2O. The zero-order valence-electron chi connectivity index (χ0n) is 13.0. The highest BCUT2D eigenvalue weighted by Gasteiger charge is 2.32. The van der Waals surface area contributed by atoms with Gasteiger partial charge in [0.25, 0.3) is 0 Å². The first-order chi connectivity index (χ1) is 10.7.